The second-order valence-electron chi connectivity index (χ2n) is 5.75. The molecule has 0 radical (unpaired) electrons. The Hall–Kier alpha value is -2.25. The third-order valence-corrected chi connectivity index (χ3v) is 5.07. The molecule has 1 fully saturated rings. The van der Waals surface area contributed by atoms with Crippen molar-refractivity contribution in [1.29, 1.82) is 0 Å². The minimum atomic E-state index is -0.401. The van der Waals surface area contributed by atoms with Gasteiger partial charge in [-0.1, -0.05) is 6.07 Å². The highest BCUT2D eigenvalue weighted by Gasteiger charge is 2.29. The molecule has 0 saturated carbocycles. The zero-order chi connectivity index (χ0) is 16.9. The van der Waals surface area contributed by atoms with Gasteiger partial charge in [-0.2, -0.15) is 0 Å². The molecule has 126 valence electrons. The van der Waals surface area contributed by atoms with Crippen LogP contribution in [0, 0.1) is 0 Å². The Labute approximate surface area is 144 Å². The number of hydrogen-bond acceptors (Lipinski definition) is 5. The molecule has 2 N–H and O–H groups in total. The number of piperazine rings is 1. The molecule has 2 amide bonds. The van der Waals surface area contributed by atoms with Crippen LogP contribution in [0.15, 0.2) is 42.0 Å². The van der Waals surface area contributed by atoms with Crippen molar-refractivity contribution in [2.24, 2.45) is 0 Å². The standard InChI is InChI=1S/C17H20N4O2S/c1-12(15-5-3-9-24-15)20-16(22)14-11-21(8-7-19-14)17(23)13-4-2-6-18-10-13/h2-6,9-10,12,14,19H,7-8,11H2,1H3,(H,20,22). The second-order valence-corrected chi connectivity index (χ2v) is 6.72. The van der Waals surface area contributed by atoms with E-state index < -0.39 is 6.04 Å². The number of pyridine rings is 1. The van der Waals surface area contributed by atoms with Gasteiger partial charge in [0.05, 0.1) is 11.6 Å². The Morgan fingerprint density at radius 1 is 1.42 bits per heavy atom. The van der Waals surface area contributed by atoms with Gasteiger partial charge in [-0.25, -0.2) is 0 Å². The average Bonchev–Trinajstić information content (AvgIpc) is 3.17. The fourth-order valence-corrected chi connectivity index (χ4v) is 3.44. The highest BCUT2D eigenvalue weighted by atomic mass is 32.1. The van der Waals surface area contributed by atoms with E-state index in [4.69, 9.17) is 0 Å². The zero-order valence-electron chi connectivity index (χ0n) is 13.4. The Morgan fingerprint density at radius 3 is 3.00 bits per heavy atom. The first-order valence-electron chi connectivity index (χ1n) is 7.91. The van der Waals surface area contributed by atoms with Crippen LogP contribution in [0.2, 0.25) is 0 Å². The highest BCUT2D eigenvalue weighted by molar-refractivity contribution is 7.10. The van der Waals surface area contributed by atoms with Crippen LogP contribution < -0.4 is 10.6 Å². The SMILES string of the molecule is CC(NC(=O)C1CN(C(=O)c2cccnc2)CCN1)c1cccs1. The summed E-state index contributed by atoms with van der Waals surface area (Å²) in [5.41, 5.74) is 0.547. The number of carbonyl (C=O) groups excluding carboxylic acids is 2. The van der Waals surface area contributed by atoms with E-state index in [1.54, 1.807) is 40.8 Å². The molecule has 0 aliphatic carbocycles. The minimum absolute atomic E-state index is 0.0382. The van der Waals surface area contributed by atoms with E-state index in [0.717, 1.165) is 4.88 Å². The molecule has 6 nitrogen and oxygen atoms in total. The first kappa shape index (κ1) is 16.6. The van der Waals surface area contributed by atoms with Crippen LogP contribution in [0.3, 0.4) is 0 Å². The quantitative estimate of drug-likeness (QED) is 0.880. The summed E-state index contributed by atoms with van der Waals surface area (Å²) in [6.07, 6.45) is 3.19. The maximum atomic E-state index is 12.5. The summed E-state index contributed by atoms with van der Waals surface area (Å²) in [7, 11) is 0. The molecular formula is C17H20N4O2S. The molecule has 7 heteroatoms. The van der Waals surface area contributed by atoms with Gasteiger partial charge < -0.3 is 15.5 Å². The third kappa shape index (κ3) is 3.80. The number of carbonyl (C=O) groups is 2. The van der Waals surface area contributed by atoms with Gasteiger partial charge in [0.2, 0.25) is 5.91 Å². The van der Waals surface area contributed by atoms with Gasteiger partial charge in [0.25, 0.3) is 5.91 Å². The summed E-state index contributed by atoms with van der Waals surface area (Å²) < 4.78 is 0. The average molecular weight is 344 g/mol. The maximum Gasteiger partial charge on any atom is 0.255 e. The minimum Gasteiger partial charge on any atom is -0.347 e. The van der Waals surface area contributed by atoms with E-state index in [-0.39, 0.29) is 17.9 Å². The fourth-order valence-electron chi connectivity index (χ4n) is 2.70. The molecule has 0 spiro atoms. The summed E-state index contributed by atoms with van der Waals surface area (Å²) in [5, 5.41) is 8.19. The molecule has 2 atom stereocenters. The van der Waals surface area contributed by atoms with E-state index in [1.807, 2.05) is 24.4 Å². The first-order valence-corrected chi connectivity index (χ1v) is 8.79. The Morgan fingerprint density at radius 2 is 2.29 bits per heavy atom. The normalized spacial score (nSPS) is 18.9. The lowest BCUT2D eigenvalue weighted by molar-refractivity contribution is -0.124. The summed E-state index contributed by atoms with van der Waals surface area (Å²) in [6, 6.07) is 7.01. The maximum absolute atomic E-state index is 12.5. The van der Waals surface area contributed by atoms with Crippen molar-refractivity contribution in [3.8, 4) is 0 Å². The third-order valence-electron chi connectivity index (χ3n) is 4.02. The number of aromatic nitrogens is 1. The van der Waals surface area contributed by atoms with Crippen LogP contribution in [0.5, 0.6) is 0 Å². The highest BCUT2D eigenvalue weighted by Crippen LogP contribution is 2.18. The summed E-state index contributed by atoms with van der Waals surface area (Å²) in [5.74, 6) is -0.173. The van der Waals surface area contributed by atoms with Crippen LogP contribution in [-0.2, 0) is 4.79 Å². The summed E-state index contributed by atoms with van der Waals surface area (Å²) in [4.78, 5) is 31.8. The first-order chi connectivity index (χ1) is 11.6. The number of nitrogens with one attached hydrogen (secondary N) is 2. The molecule has 1 aliphatic rings. The predicted octanol–water partition coefficient (Wildman–Crippen LogP) is 1.43. The molecule has 1 aliphatic heterocycles. The summed E-state index contributed by atoms with van der Waals surface area (Å²) in [6.45, 7) is 3.50. The smallest absolute Gasteiger partial charge is 0.255 e. The van der Waals surface area contributed by atoms with Crippen molar-refractivity contribution >= 4 is 23.2 Å². The molecule has 2 aromatic rings. The van der Waals surface area contributed by atoms with Crippen molar-refractivity contribution in [2.45, 2.75) is 19.0 Å². The monoisotopic (exact) mass is 344 g/mol. The fraction of sp³-hybridized carbons (Fsp3) is 0.353. The van der Waals surface area contributed by atoms with E-state index >= 15 is 0 Å². The van der Waals surface area contributed by atoms with Crippen LogP contribution in [0.25, 0.3) is 0 Å². The topological polar surface area (TPSA) is 74.3 Å². The molecule has 2 unspecified atom stereocenters. The number of rotatable bonds is 4. The molecule has 3 heterocycles. The molecule has 2 aromatic heterocycles. The van der Waals surface area contributed by atoms with Gasteiger partial charge in [-0.3, -0.25) is 14.6 Å². The zero-order valence-corrected chi connectivity index (χ0v) is 14.3. The van der Waals surface area contributed by atoms with Gasteiger partial charge in [-0.05, 0) is 30.5 Å². The number of nitrogens with zero attached hydrogens (tertiary/aromatic N) is 2. The van der Waals surface area contributed by atoms with Gasteiger partial charge in [0.15, 0.2) is 0 Å². The Kier molecular flexibility index (Phi) is 5.22. The number of hydrogen-bond donors (Lipinski definition) is 2. The molecular weight excluding hydrogens is 324 g/mol. The predicted molar refractivity (Wildman–Crippen MR) is 92.8 cm³/mol. The van der Waals surface area contributed by atoms with Gasteiger partial charge in [0, 0.05) is 36.9 Å². The Bertz CT molecular complexity index is 690. The Balaban J connectivity index is 1.61. The van der Waals surface area contributed by atoms with Crippen molar-refractivity contribution in [3.63, 3.8) is 0 Å². The van der Waals surface area contributed by atoms with Crippen LogP contribution in [0.1, 0.15) is 28.2 Å². The van der Waals surface area contributed by atoms with Crippen molar-refractivity contribution < 1.29 is 9.59 Å². The van der Waals surface area contributed by atoms with Crippen LogP contribution in [-0.4, -0.2) is 47.4 Å². The van der Waals surface area contributed by atoms with Crippen LogP contribution in [0.4, 0.5) is 0 Å². The van der Waals surface area contributed by atoms with E-state index in [1.165, 1.54) is 0 Å². The molecule has 0 bridgehead atoms. The lowest BCUT2D eigenvalue weighted by Crippen LogP contribution is -2.58. The van der Waals surface area contributed by atoms with E-state index in [9.17, 15) is 9.59 Å². The van der Waals surface area contributed by atoms with Crippen molar-refractivity contribution in [2.75, 3.05) is 19.6 Å². The largest absolute Gasteiger partial charge is 0.347 e. The van der Waals surface area contributed by atoms with E-state index in [0.29, 0.717) is 25.2 Å². The van der Waals surface area contributed by atoms with Gasteiger partial charge in [-0.15, -0.1) is 11.3 Å². The van der Waals surface area contributed by atoms with Crippen molar-refractivity contribution in [3.05, 3.63) is 52.5 Å². The lowest BCUT2D eigenvalue weighted by Gasteiger charge is -2.33. The molecule has 0 aromatic carbocycles. The van der Waals surface area contributed by atoms with Crippen molar-refractivity contribution in [1.82, 2.24) is 20.5 Å². The lowest BCUT2D eigenvalue weighted by atomic mass is 10.1. The second kappa shape index (κ2) is 7.55. The molecule has 3 rings (SSSR count). The van der Waals surface area contributed by atoms with Crippen LogP contribution >= 0.6 is 11.3 Å². The number of thiophene rings is 1. The van der Waals surface area contributed by atoms with Gasteiger partial charge in [0.1, 0.15) is 6.04 Å². The number of amides is 2. The van der Waals surface area contributed by atoms with E-state index in [2.05, 4.69) is 15.6 Å². The van der Waals surface area contributed by atoms with Gasteiger partial charge >= 0.3 is 0 Å². The summed E-state index contributed by atoms with van der Waals surface area (Å²) >= 11 is 1.62. The molecule has 24 heavy (non-hydrogen) atoms. The molecule has 1 saturated heterocycles.